The fraction of sp³-hybridized carbons (Fsp3) is 0.400. The second-order valence-corrected chi connectivity index (χ2v) is 9.33. The van der Waals surface area contributed by atoms with Crippen LogP contribution in [0.4, 0.5) is 11.5 Å². The molecule has 2 heterocycles. The fourth-order valence-corrected chi connectivity index (χ4v) is 4.25. The summed E-state index contributed by atoms with van der Waals surface area (Å²) in [6, 6.07) is 9.24. The van der Waals surface area contributed by atoms with Gasteiger partial charge in [-0.2, -0.15) is 0 Å². The van der Waals surface area contributed by atoms with Crippen molar-refractivity contribution >= 4 is 29.0 Å². The van der Waals surface area contributed by atoms with Crippen molar-refractivity contribution in [3.8, 4) is 5.69 Å². The van der Waals surface area contributed by atoms with Crippen LogP contribution in [0.15, 0.2) is 39.9 Å². The van der Waals surface area contributed by atoms with E-state index in [-0.39, 0.29) is 34.6 Å². The minimum Gasteiger partial charge on any atom is -0.383 e. The normalized spacial score (nSPS) is 11.3. The highest BCUT2D eigenvalue weighted by molar-refractivity contribution is 6.34. The van der Waals surface area contributed by atoms with Gasteiger partial charge in [0.15, 0.2) is 5.69 Å². The molecule has 1 amide bonds. The summed E-state index contributed by atoms with van der Waals surface area (Å²) in [7, 11) is 0. The number of H-pyrrole nitrogens is 1. The van der Waals surface area contributed by atoms with E-state index in [4.69, 9.17) is 17.3 Å². The number of nitrogens with zero attached hydrogens (tertiary/aromatic N) is 3. The number of benzene rings is 1. The monoisotopic (exact) mass is 485 g/mol. The van der Waals surface area contributed by atoms with Gasteiger partial charge in [0.05, 0.1) is 10.6 Å². The molecule has 0 saturated carbocycles. The number of rotatable bonds is 8. The van der Waals surface area contributed by atoms with Crippen molar-refractivity contribution in [1.82, 2.24) is 14.1 Å². The zero-order chi connectivity index (χ0) is 25.2. The molecule has 34 heavy (non-hydrogen) atoms. The number of hydrogen-bond acceptors (Lipinski definition) is 4. The summed E-state index contributed by atoms with van der Waals surface area (Å²) >= 11 is 6.47. The third-order valence-electron chi connectivity index (χ3n) is 5.72. The molecule has 2 aromatic heterocycles. The number of nitrogen functional groups attached to an aromatic ring is 1. The Labute approximate surface area is 204 Å². The van der Waals surface area contributed by atoms with Gasteiger partial charge in [0.2, 0.25) is 0 Å². The zero-order valence-corrected chi connectivity index (χ0v) is 21.1. The number of halogens is 1. The van der Waals surface area contributed by atoms with Crippen LogP contribution in [0, 0.1) is 19.8 Å². The van der Waals surface area contributed by atoms with Crippen molar-refractivity contribution in [2.45, 2.75) is 54.0 Å². The van der Waals surface area contributed by atoms with Crippen LogP contribution in [-0.4, -0.2) is 26.6 Å². The van der Waals surface area contributed by atoms with E-state index < -0.39 is 17.2 Å². The van der Waals surface area contributed by atoms with Crippen LogP contribution < -0.4 is 21.9 Å². The maximum Gasteiger partial charge on any atom is 0.330 e. The lowest BCUT2D eigenvalue weighted by molar-refractivity contribution is 0.0986. The number of anilines is 2. The van der Waals surface area contributed by atoms with Gasteiger partial charge in [0.1, 0.15) is 5.82 Å². The number of unbranched alkanes of at least 4 members (excludes halogenated alkanes) is 1. The molecule has 0 spiro atoms. The molecule has 1 aromatic carbocycles. The van der Waals surface area contributed by atoms with Crippen molar-refractivity contribution in [2.24, 2.45) is 5.92 Å². The van der Waals surface area contributed by atoms with E-state index in [0.717, 1.165) is 23.5 Å². The summed E-state index contributed by atoms with van der Waals surface area (Å²) in [6.45, 7) is 10.4. The first-order valence-electron chi connectivity index (χ1n) is 11.5. The average molecular weight is 486 g/mol. The maximum atomic E-state index is 13.8. The minimum absolute atomic E-state index is 0.0312. The van der Waals surface area contributed by atoms with Gasteiger partial charge in [-0.15, -0.1) is 0 Å². The van der Waals surface area contributed by atoms with E-state index in [2.05, 4.69) is 4.98 Å². The molecule has 0 fully saturated rings. The topological polar surface area (TPSA) is 106 Å². The number of amides is 1. The maximum absolute atomic E-state index is 13.8. The van der Waals surface area contributed by atoms with Crippen molar-refractivity contribution in [1.29, 1.82) is 0 Å². The summed E-state index contributed by atoms with van der Waals surface area (Å²) in [5.74, 6) is -0.372. The van der Waals surface area contributed by atoms with E-state index >= 15 is 0 Å². The van der Waals surface area contributed by atoms with Gasteiger partial charge in [0, 0.05) is 30.2 Å². The minimum atomic E-state index is -0.698. The third-order valence-corrected chi connectivity index (χ3v) is 6.05. The molecule has 9 heteroatoms. The van der Waals surface area contributed by atoms with Gasteiger partial charge >= 0.3 is 5.69 Å². The number of nitrogens with one attached hydrogen (secondary N) is 1. The molecule has 0 aliphatic carbocycles. The first kappa shape index (κ1) is 25.4. The van der Waals surface area contributed by atoms with E-state index in [9.17, 15) is 14.4 Å². The average Bonchev–Trinajstić information content (AvgIpc) is 3.11. The molecule has 3 N–H and O–H groups in total. The largest absolute Gasteiger partial charge is 0.383 e. The summed E-state index contributed by atoms with van der Waals surface area (Å²) < 4.78 is 3.33. The number of carbonyl (C=O) groups excluding carboxylic acids is 1. The molecule has 3 rings (SSSR count). The Hall–Kier alpha value is -3.26. The smallest absolute Gasteiger partial charge is 0.330 e. The first-order chi connectivity index (χ1) is 16.1. The van der Waals surface area contributed by atoms with Gasteiger partial charge in [-0.3, -0.25) is 19.1 Å². The summed E-state index contributed by atoms with van der Waals surface area (Å²) in [5.41, 5.74) is 8.06. The Balaban J connectivity index is 2.17. The van der Waals surface area contributed by atoms with Gasteiger partial charge in [-0.05, 0) is 56.5 Å². The Morgan fingerprint density at radius 3 is 2.38 bits per heavy atom. The summed E-state index contributed by atoms with van der Waals surface area (Å²) in [4.78, 5) is 42.8. The molecule has 0 aliphatic rings. The predicted octanol–water partition coefficient (Wildman–Crippen LogP) is 4.28. The molecule has 0 unspecified atom stereocenters. The summed E-state index contributed by atoms with van der Waals surface area (Å²) in [6.07, 6.45) is 1.43. The van der Waals surface area contributed by atoms with Crippen LogP contribution in [-0.2, 0) is 6.54 Å². The first-order valence-corrected chi connectivity index (χ1v) is 11.8. The molecule has 0 atom stereocenters. The lowest BCUT2D eigenvalue weighted by atomic mass is 10.1. The number of hydrogen-bond donors (Lipinski definition) is 2. The highest BCUT2D eigenvalue weighted by Crippen LogP contribution is 2.27. The van der Waals surface area contributed by atoms with Crippen LogP contribution >= 0.6 is 11.6 Å². The highest BCUT2D eigenvalue weighted by atomic mass is 35.5. The number of carbonyl (C=O) groups is 1. The van der Waals surface area contributed by atoms with E-state index in [1.807, 2.05) is 57.4 Å². The molecular formula is C25H32ClN5O3. The lowest BCUT2D eigenvalue weighted by Gasteiger charge is -2.25. The molecule has 0 radical (unpaired) electrons. The third kappa shape index (κ3) is 4.97. The standard InChI is InChI=1S/C25H32ClN5O3/c1-6-7-12-29(21-22(27)30(14-15(2)3)25(34)28-23(21)32)24(33)19-13-18(10-11-20(19)26)31-16(4)8-9-17(31)5/h8-11,13,15H,6-7,12,14,27H2,1-5H3,(H,28,32,34). The molecule has 0 bridgehead atoms. The molecule has 0 aliphatic heterocycles. The molecule has 182 valence electrons. The van der Waals surface area contributed by atoms with Crippen LogP contribution in [0.25, 0.3) is 5.69 Å². The Morgan fingerprint density at radius 1 is 1.15 bits per heavy atom. The molecule has 0 saturated heterocycles. The number of nitrogens with two attached hydrogens (primary N) is 1. The highest BCUT2D eigenvalue weighted by Gasteiger charge is 2.27. The van der Waals surface area contributed by atoms with E-state index in [1.165, 1.54) is 9.47 Å². The van der Waals surface area contributed by atoms with Crippen molar-refractivity contribution < 1.29 is 4.79 Å². The van der Waals surface area contributed by atoms with Crippen LogP contribution in [0.5, 0.6) is 0 Å². The summed E-state index contributed by atoms with van der Waals surface area (Å²) in [5, 5.41) is 0.267. The fourth-order valence-electron chi connectivity index (χ4n) is 4.05. The molecule has 8 nitrogen and oxygen atoms in total. The number of aromatic amines is 1. The Bertz CT molecular complexity index is 1300. The second-order valence-electron chi connectivity index (χ2n) is 8.92. The van der Waals surface area contributed by atoms with Crippen molar-refractivity contribution in [2.75, 3.05) is 17.2 Å². The van der Waals surface area contributed by atoms with Crippen LogP contribution in [0.1, 0.15) is 55.4 Å². The van der Waals surface area contributed by atoms with Gasteiger partial charge in [-0.1, -0.05) is 38.8 Å². The van der Waals surface area contributed by atoms with Gasteiger partial charge in [-0.25, -0.2) is 4.79 Å². The van der Waals surface area contributed by atoms with Crippen molar-refractivity contribution in [3.05, 3.63) is 73.1 Å². The van der Waals surface area contributed by atoms with Gasteiger partial charge < -0.3 is 15.2 Å². The SMILES string of the molecule is CCCCN(C(=O)c1cc(-n2c(C)ccc2C)ccc1Cl)c1c(N)n(CC(C)C)c(=O)[nH]c1=O. The number of aryl methyl sites for hydroxylation is 2. The quantitative estimate of drug-likeness (QED) is 0.496. The second kappa shape index (κ2) is 10.3. The molecular weight excluding hydrogens is 454 g/mol. The predicted molar refractivity (Wildman–Crippen MR) is 137 cm³/mol. The van der Waals surface area contributed by atoms with Crippen molar-refractivity contribution in [3.63, 3.8) is 0 Å². The van der Waals surface area contributed by atoms with Crippen LogP contribution in [0.2, 0.25) is 5.02 Å². The Kier molecular flexibility index (Phi) is 7.71. The lowest BCUT2D eigenvalue weighted by Crippen LogP contribution is -2.42. The Morgan fingerprint density at radius 2 is 1.79 bits per heavy atom. The van der Waals surface area contributed by atoms with Crippen LogP contribution in [0.3, 0.4) is 0 Å². The van der Waals surface area contributed by atoms with E-state index in [1.54, 1.807) is 12.1 Å². The van der Waals surface area contributed by atoms with E-state index in [0.29, 0.717) is 13.0 Å². The van der Waals surface area contributed by atoms with Gasteiger partial charge in [0.25, 0.3) is 11.5 Å². The molecule has 3 aromatic rings. The zero-order valence-electron chi connectivity index (χ0n) is 20.3. The number of aromatic nitrogens is 3.